The Morgan fingerprint density at radius 1 is 1.29 bits per heavy atom. The van der Waals surface area contributed by atoms with Gasteiger partial charge >= 0.3 is 0 Å². The molecule has 0 aliphatic heterocycles. The molecule has 0 aliphatic carbocycles. The van der Waals surface area contributed by atoms with Gasteiger partial charge in [-0.2, -0.15) is 0 Å². The van der Waals surface area contributed by atoms with Crippen molar-refractivity contribution in [3.63, 3.8) is 0 Å². The first-order chi connectivity index (χ1) is 9.97. The van der Waals surface area contributed by atoms with E-state index in [2.05, 4.69) is 4.98 Å². The summed E-state index contributed by atoms with van der Waals surface area (Å²) >= 11 is 0. The van der Waals surface area contributed by atoms with Crippen molar-refractivity contribution in [1.82, 2.24) is 9.88 Å². The molecule has 21 heavy (non-hydrogen) atoms. The topological polar surface area (TPSA) is 53.2 Å². The summed E-state index contributed by atoms with van der Waals surface area (Å²) in [5.41, 5.74) is 0.102. The van der Waals surface area contributed by atoms with Crippen LogP contribution in [-0.4, -0.2) is 34.7 Å². The van der Waals surface area contributed by atoms with E-state index in [9.17, 15) is 14.0 Å². The second-order valence-corrected chi connectivity index (χ2v) is 4.93. The predicted octanol–water partition coefficient (Wildman–Crippen LogP) is 1.74. The van der Waals surface area contributed by atoms with Crippen molar-refractivity contribution in [2.75, 3.05) is 13.1 Å². The van der Waals surface area contributed by atoms with Gasteiger partial charge in [0.1, 0.15) is 5.83 Å². The van der Waals surface area contributed by atoms with Crippen molar-refractivity contribution in [2.45, 2.75) is 40.5 Å². The fourth-order valence-electron chi connectivity index (χ4n) is 2.33. The van der Waals surface area contributed by atoms with E-state index < -0.39 is 17.5 Å². The number of aromatic nitrogens is 1. The van der Waals surface area contributed by atoms with E-state index in [-0.39, 0.29) is 10.8 Å². The van der Waals surface area contributed by atoms with Crippen LogP contribution in [0.3, 0.4) is 0 Å². The molecule has 0 atom stereocenters. The van der Waals surface area contributed by atoms with Crippen LogP contribution in [0.25, 0.3) is 11.9 Å². The number of aromatic amines is 1. The van der Waals surface area contributed by atoms with E-state index in [1.165, 1.54) is 18.0 Å². The molecule has 0 saturated carbocycles. The number of carbonyl (C=O) groups is 2. The molecule has 1 rings (SSSR count). The number of halogens is 1. The van der Waals surface area contributed by atoms with Crippen molar-refractivity contribution in [3.8, 4) is 0 Å². The van der Waals surface area contributed by atoms with E-state index >= 15 is 0 Å². The maximum absolute atomic E-state index is 13.7. The highest BCUT2D eigenvalue weighted by Crippen LogP contribution is 2.02. The van der Waals surface area contributed by atoms with E-state index in [4.69, 9.17) is 0 Å². The molecule has 0 aliphatic rings. The summed E-state index contributed by atoms with van der Waals surface area (Å²) in [4.78, 5) is 29.1. The number of hydrogen-bond acceptors (Lipinski definition) is 2. The highest BCUT2D eigenvalue weighted by molar-refractivity contribution is 6.42. The summed E-state index contributed by atoms with van der Waals surface area (Å²) in [5.74, 6) is -1.70. The highest BCUT2D eigenvalue weighted by Gasteiger charge is 2.24. The largest absolute Gasteiger partial charge is 0.361 e. The van der Waals surface area contributed by atoms with E-state index in [0.717, 1.165) is 12.8 Å². The number of hydrogen-bond donors (Lipinski definition) is 1. The summed E-state index contributed by atoms with van der Waals surface area (Å²) < 4.78 is 13.7. The third-order valence-corrected chi connectivity index (χ3v) is 3.26. The van der Waals surface area contributed by atoms with Crippen molar-refractivity contribution < 1.29 is 14.0 Å². The Hall–Kier alpha value is -1.91. The van der Waals surface area contributed by atoms with Gasteiger partial charge < -0.3 is 9.88 Å². The number of nitrogens with one attached hydrogen (secondary N) is 1. The smallest absolute Gasteiger partial charge is 0.295 e. The molecule has 0 radical (unpaired) electrons. The second kappa shape index (κ2) is 7.76. The van der Waals surface area contributed by atoms with Gasteiger partial charge in [0.15, 0.2) is 0 Å². The maximum Gasteiger partial charge on any atom is 0.295 e. The van der Waals surface area contributed by atoms with Crippen LogP contribution in [0, 0.1) is 0 Å². The standard InChI is InChI=1S/C16H23FN2O2/c1-5-8-19(9-6-2)16(21)15(20)12-10-18-13(7-3)14(12)11(4)17/h7,10,18H,5-6,8-9H2,1-4H3/b13-7+,14-11+. The normalized spacial score (nSPS) is 13.3. The van der Waals surface area contributed by atoms with Crippen LogP contribution < -0.4 is 10.6 Å². The molecule has 0 fully saturated rings. The third-order valence-electron chi connectivity index (χ3n) is 3.26. The molecule has 4 nitrogen and oxygen atoms in total. The molecule has 1 aromatic rings. The van der Waals surface area contributed by atoms with Crippen molar-refractivity contribution in [1.29, 1.82) is 0 Å². The van der Waals surface area contributed by atoms with Gasteiger partial charge in [-0.3, -0.25) is 9.59 Å². The van der Waals surface area contributed by atoms with Crippen LogP contribution in [0.4, 0.5) is 4.39 Å². The molecule has 0 unspecified atom stereocenters. The Morgan fingerprint density at radius 2 is 1.86 bits per heavy atom. The summed E-state index contributed by atoms with van der Waals surface area (Å²) in [6.45, 7) is 7.99. The molecular weight excluding hydrogens is 271 g/mol. The molecule has 1 N–H and O–H groups in total. The van der Waals surface area contributed by atoms with Crippen LogP contribution in [0.15, 0.2) is 6.20 Å². The van der Waals surface area contributed by atoms with E-state index in [0.29, 0.717) is 18.4 Å². The number of nitrogens with zero attached hydrogens (tertiary/aromatic N) is 1. The van der Waals surface area contributed by atoms with E-state index in [1.807, 2.05) is 13.8 Å². The van der Waals surface area contributed by atoms with Crippen molar-refractivity contribution >= 4 is 23.6 Å². The summed E-state index contributed by atoms with van der Waals surface area (Å²) in [5, 5.41) is 0.701. The minimum atomic E-state index is -0.659. The minimum Gasteiger partial charge on any atom is -0.361 e. The Labute approximate surface area is 124 Å². The fourth-order valence-corrected chi connectivity index (χ4v) is 2.33. The Balaban J connectivity index is 3.24. The maximum atomic E-state index is 13.7. The van der Waals surface area contributed by atoms with Crippen LogP contribution in [0.2, 0.25) is 0 Å². The first-order valence-electron chi connectivity index (χ1n) is 7.31. The number of ketones is 1. The van der Waals surface area contributed by atoms with Gasteiger partial charge in [0.2, 0.25) is 0 Å². The highest BCUT2D eigenvalue weighted by atomic mass is 19.1. The van der Waals surface area contributed by atoms with Crippen LogP contribution >= 0.6 is 0 Å². The zero-order valence-corrected chi connectivity index (χ0v) is 13.1. The summed E-state index contributed by atoms with van der Waals surface area (Å²) in [7, 11) is 0. The lowest BCUT2D eigenvalue weighted by Gasteiger charge is -2.20. The average Bonchev–Trinajstić information content (AvgIpc) is 2.89. The molecule has 0 spiro atoms. The minimum absolute atomic E-state index is 0.102. The van der Waals surface area contributed by atoms with Gasteiger partial charge in [-0.05, 0) is 26.7 Å². The van der Waals surface area contributed by atoms with Crippen LogP contribution in [0.5, 0.6) is 0 Å². The van der Waals surface area contributed by atoms with Gasteiger partial charge in [0, 0.05) is 29.9 Å². The molecular formula is C16H23FN2O2. The second-order valence-electron chi connectivity index (χ2n) is 4.93. The fraction of sp³-hybridized carbons (Fsp3) is 0.500. The van der Waals surface area contributed by atoms with Gasteiger partial charge in [-0.15, -0.1) is 0 Å². The molecule has 116 valence electrons. The molecule has 0 saturated heterocycles. The summed E-state index contributed by atoms with van der Waals surface area (Å²) in [6.07, 6.45) is 4.64. The quantitative estimate of drug-likeness (QED) is 0.642. The first-order valence-corrected chi connectivity index (χ1v) is 7.31. The monoisotopic (exact) mass is 294 g/mol. The molecule has 5 heteroatoms. The Kier molecular flexibility index (Phi) is 6.34. The SMILES string of the molecule is C/C=c1/[nH]cc(C(=O)C(=O)N(CCC)CCC)/c1=C(/C)F. The zero-order valence-electron chi connectivity index (χ0n) is 13.1. The lowest BCUT2D eigenvalue weighted by atomic mass is 10.1. The number of amides is 1. The Bertz CT molecular complexity index is 621. The molecule has 0 bridgehead atoms. The predicted molar refractivity (Wildman–Crippen MR) is 81.9 cm³/mol. The van der Waals surface area contributed by atoms with Crippen molar-refractivity contribution in [3.05, 3.63) is 22.3 Å². The molecule has 0 aromatic carbocycles. The van der Waals surface area contributed by atoms with Gasteiger partial charge in [0.05, 0.1) is 5.56 Å². The van der Waals surface area contributed by atoms with Crippen molar-refractivity contribution in [2.24, 2.45) is 0 Å². The van der Waals surface area contributed by atoms with Gasteiger partial charge in [-0.1, -0.05) is 19.9 Å². The van der Waals surface area contributed by atoms with Crippen LogP contribution in [-0.2, 0) is 4.79 Å². The van der Waals surface area contributed by atoms with Gasteiger partial charge in [0.25, 0.3) is 11.7 Å². The van der Waals surface area contributed by atoms with E-state index in [1.54, 1.807) is 13.0 Å². The first kappa shape index (κ1) is 17.1. The average molecular weight is 294 g/mol. The zero-order chi connectivity index (χ0) is 16.0. The number of H-pyrrole nitrogens is 1. The lowest BCUT2D eigenvalue weighted by molar-refractivity contribution is -0.126. The Morgan fingerprint density at radius 3 is 2.29 bits per heavy atom. The molecule has 1 heterocycles. The number of carbonyl (C=O) groups excluding carboxylic acids is 2. The number of Topliss-reactive ketones (excluding diaryl/α,β-unsaturated/α-hetero) is 1. The van der Waals surface area contributed by atoms with Gasteiger partial charge in [-0.25, -0.2) is 4.39 Å². The molecule has 1 amide bonds. The molecule has 1 aromatic heterocycles. The summed E-state index contributed by atoms with van der Waals surface area (Å²) in [6, 6.07) is 0. The third kappa shape index (κ3) is 3.80. The lowest BCUT2D eigenvalue weighted by Crippen LogP contribution is -2.40. The number of rotatable bonds is 6. The van der Waals surface area contributed by atoms with Crippen LogP contribution in [0.1, 0.15) is 50.9 Å².